The van der Waals surface area contributed by atoms with Gasteiger partial charge in [-0.3, -0.25) is 9.59 Å². The SMILES string of the molecule is CC/C=C\C/C=C\C/C=C\C/C=C\C/C=C\C/C=C\CCCOCC(COC(=O)CCC/C=C\C/C=C\C/C=C\C/C=C\C/C=C\CC)OC(=O)CCCCCCC/C=C\C/C=C\CCC. The molecule has 0 aromatic heterocycles. The van der Waals surface area contributed by atoms with Crippen molar-refractivity contribution in [3.63, 3.8) is 0 Å². The second-order valence-corrected chi connectivity index (χ2v) is 16.3. The number of unbranched alkanes of at least 4 members (excludes halogenated alkanes) is 8. The predicted octanol–water partition coefficient (Wildman–Crippen LogP) is 17.9. The van der Waals surface area contributed by atoms with Crippen LogP contribution in [0.2, 0.25) is 0 Å². The molecule has 0 rings (SSSR count). The van der Waals surface area contributed by atoms with Crippen molar-refractivity contribution in [3.05, 3.63) is 158 Å². The minimum absolute atomic E-state index is 0.0152. The number of allylic oxidation sites excluding steroid dienone is 26. The minimum Gasteiger partial charge on any atom is -0.462 e. The van der Waals surface area contributed by atoms with Gasteiger partial charge in [0.1, 0.15) is 6.61 Å². The molecule has 66 heavy (non-hydrogen) atoms. The first kappa shape index (κ1) is 61.5. The maximum atomic E-state index is 12.8. The molecule has 0 aliphatic heterocycles. The fraction of sp³-hybridized carbons (Fsp3) is 0.541. The van der Waals surface area contributed by atoms with Gasteiger partial charge >= 0.3 is 11.9 Å². The Bertz CT molecular complexity index is 1490. The van der Waals surface area contributed by atoms with Crippen molar-refractivity contribution in [1.29, 1.82) is 0 Å². The molecule has 0 heterocycles. The molecular weight excluding hydrogens is 813 g/mol. The Hall–Kier alpha value is -4.48. The first-order chi connectivity index (χ1) is 32.6. The molecule has 5 nitrogen and oxygen atoms in total. The zero-order valence-corrected chi connectivity index (χ0v) is 42.1. The fourth-order valence-corrected chi connectivity index (χ4v) is 6.24. The first-order valence-electron chi connectivity index (χ1n) is 26.0. The van der Waals surface area contributed by atoms with E-state index in [0.717, 1.165) is 135 Å². The Morgan fingerprint density at radius 1 is 0.348 bits per heavy atom. The molecule has 0 bridgehead atoms. The summed E-state index contributed by atoms with van der Waals surface area (Å²) < 4.78 is 17.3. The van der Waals surface area contributed by atoms with Crippen LogP contribution >= 0.6 is 0 Å². The van der Waals surface area contributed by atoms with E-state index in [2.05, 4.69) is 179 Å². The third-order valence-electron chi connectivity index (χ3n) is 10.0. The van der Waals surface area contributed by atoms with E-state index in [1.54, 1.807) is 0 Å². The van der Waals surface area contributed by atoms with E-state index in [9.17, 15) is 9.59 Å². The lowest BCUT2D eigenvalue weighted by Crippen LogP contribution is -2.30. The zero-order valence-electron chi connectivity index (χ0n) is 42.1. The Balaban J connectivity index is 4.52. The summed E-state index contributed by atoms with van der Waals surface area (Å²) in [5.41, 5.74) is 0. The lowest BCUT2D eigenvalue weighted by molar-refractivity contribution is -0.162. The Morgan fingerprint density at radius 3 is 1.14 bits per heavy atom. The highest BCUT2D eigenvalue weighted by atomic mass is 16.6. The average molecular weight is 907 g/mol. The van der Waals surface area contributed by atoms with Crippen LogP contribution in [0.1, 0.15) is 188 Å². The fourth-order valence-electron chi connectivity index (χ4n) is 6.24. The first-order valence-corrected chi connectivity index (χ1v) is 26.0. The summed E-state index contributed by atoms with van der Waals surface area (Å²) in [6.45, 7) is 7.28. The van der Waals surface area contributed by atoms with E-state index in [-0.39, 0.29) is 25.2 Å². The molecule has 0 spiro atoms. The number of rotatable bonds is 45. The van der Waals surface area contributed by atoms with Gasteiger partial charge in [0.25, 0.3) is 0 Å². The highest BCUT2D eigenvalue weighted by molar-refractivity contribution is 5.70. The van der Waals surface area contributed by atoms with Gasteiger partial charge in [0.15, 0.2) is 6.10 Å². The summed E-state index contributed by atoms with van der Waals surface area (Å²) in [6.07, 6.45) is 81.3. The van der Waals surface area contributed by atoms with Crippen LogP contribution in [-0.2, 0) is 23.8 Å². The van der Waals surface area contributed by atoms with Gasteiger partial charge in [-0.2, -0.15) is 0 Å². The van der Waals surface area contributed by atoms with Gasteiger partial charge in [-0.1, -0.05) is 204 Å². The molecule has 0 aliphatic rings. The summed E-state index contributed by atoms with van der Waals surface area (Å²) in [6, 6.07) is 0. The van der Waals surface area contributed by atoms with Gasteiger partial charge < -0.3 is 14.2 Å². The molecule has 368 valence electrons. The van der Waals surface area contributed by atoms with Gasteiger partial charge in [0.05, 0.1) is 6.61 Å². The van der Waals surface area contributed by atoms with E-state index in [4.69, 9.17) is 14.2 Å². The molecule has 0 N–H and O–H groups in total. The number of hydrogen-bond donors (Lipinski definition) is 0. The van der Waals surface area contributed by atoms with Gasteiger partial charge in [-0.05, 0) is 128 Å². The maximum absolute atomic E-state index is 12.8. The third kappa shape index (κ3) is 52.1. The number of esters is 2. The second kappa shape index (κ2) is 54.9. The highest BCUT2D eigenvalue weighted by Gasteiger charge is 2.17. The molecular formula is C61H94O5. The predicted molar refractivity (Wildman–Crippen MR) is 288 cm³/mol. The van der Waals surface area contributed by atoms with Gasteiger partial charge in [0.2, 0.25) is 0 Å². The Labute approximate surface area is 405 Å². The van der Waals surface area contributed by atoms with E-state index in [1.165, 1.54) is 12.8 Å². The van der Waals surface area contributed by atoms with Crippen molar-refractivity contribution in [2.45, 2.75) is 194 Å². The van der Waals surface area contributed by atoms with E-state index < -0.39 is 6.10 Å². The highest BCUT2D eigenvalue weighted by Crippen LogP contribution is 2.11. The van der Waals surface area contributed by atoms with Crippen LogP contribution in [0.3, 0.4) is 0 Å². The van der Waals surface area contributed by atoms with Crippen molar-refractivity contribution in [1.82, 2.24) is 0 Å². The van der Waals surface area contributed by atoms with Gasteiger partial charge in [-0.25, -0.2) is 0 Å². The summed E-state index contributed by atoms with van der Waals surface area (Å²) in [4.78, 5) is 25.4. The molecule has 1 atom stereocenters. The summed E-state index contributed by atoms with van der Waals surface area (Å²) in [7, 11) is 0. The topological polar surface area (TPSA) is 61.8 Å². The smallest absolute Gasteiger partial charge is 0.306 e. The second-order valence-electron chi connectivity index (χ2n) is 16.3. The molecule has 1 unspecified atom stereocenters. The minimum atomic E-state index is -0.609. The number of hydrogen-bond acceptors (Lipinski definition) is 5. The largest absolute Gasteiger partial charge is 0.462 e. The van der Waals surface area contributed by atoms with Crippen LogP contribution in [0.4, 0.5) is 0 Å². The van der Waals surface area contributed by atoms with E-state index >= 15 is 0 Å². The Morgan fingerprint density at radius 2 is 0.697 bits per heavy atom. The van der Waals surface area contributed by atoms with E-state index in [0.29, 0.717) is 25.9 Å². The molecule has 0 fully saturated rings. The third-order valence-corrected chi connectivity index (χ3v) is 10.0. The monoisotopic (exact) mass is 907 g/mol. The van der Waals surface area contributed by atoms with Crippen LogP contribution in [0.15, 0.2) is 158 Å². The average Bonchev–Trinajstić information content (AvgIpc) is 3.32. The number of ether oxygens (including phenoxy) is 3. The molecule has 0 amide bonds. The van der Waals surface area contributed by atoms with Gasteiger partial charge in [-0.15, -0.1) is 0 Å². The lowest BCUT2D eigenvalue weighted by Gasteiger charge is -2.18. The molecule has 0 aliphatic carbocycles. The van der Waals surface area contributed by atoms with Crippen molar-refractivity contribution < 1.29 is 23.8 Å². The molecule has 0 radical (unpaired) electrons. The summed E-state index contributed by atoms with van der Waals surface area (Å²) >= 11 is 0. The van der Waals surface area contributed by atoms with Crippen molar-refractivity contribution >= 4 is 11.9 Å². The van der Waals surface area contributed by atoms with Crippen LogP contribution < -0.4 is 0 Å². The van der Waals surface area contributed by atoms with Crippen LogP contribution in [0.5, 0.6) is 0 Å². The van der Waals surface area contributed by atoms with Crippen molar-refractivity contribution in [3.8, 4) is 0 Å². The summed E-state index contributed by atoms with van der Waals surface area (Å²) in [5.74, 6) is -0.529. The van der Waals surface area contributed by atoms with Crippen molar-refractivity contribution in [2.75, 3.05) is 19.8 Å². The zero-order chi connectivity index (χ0) is 47.7. The molecule has 0 saturated carbocycles. The van der Waals surface area contributed by atoms with Crippen LogP contribution in [-0.4, -0.2) is 37.9 Å². The lowest BCUT2D eigenvalue weighted by atomic mass is 10.1. The van der Waals surface area contributed by atoms with Crippen LogP contribution in [0, 0.1) is 0 Å². The molecule has 0 saturated heterocycles. The normalized spacial score (nSPS) is 13.6. The standard InChI is InChI=1S/C61H94O5/c1-4-7-10-13-16-19-22-25-27-29-30-31-33-35-38-41-44-47-50-53-56-64-57-59(66-61(63)55-52-49-46-43-40-36-24-21-18-15-12-9-6-3)58-65-60(62)54-51-48-45-42-39-37-34-32-28-26-23-20-17-14-11-8-5-2/h7-8,10-12,15-17,19-21,24-28,30-31,34-35,37-38,42,44-45,47,59H,4-6,9,13-14,18,22-23,29,32-33,36,39-41,43,46,48-58H2,1-3H3/b10-7-,11-8-,15-12-,19-16-,20-17-,24-21-,27-25-,28-26-,31-30-,37-34-,38-35-,45-42-,47-44-. The van der Waals surface area contributed by atoms with Crippen LogP contribution in [0.25, 0.3) is 0 Å². The Kier molecular flexibility index (Phi) is 51.1. The molecule has 0 aromatic carbocycles. The van der Waals surface area contributed by atoms with E-state index in [1.807, 2.05) is 0 Å². The maximum Gasteiger partial charge on any atom is 0.306 e. The molecule has 0 aromatic rings. The summed E-state index contributed by atoms with van der Waals surface area (Å²) in [5, 5.41) is 0. The van der Waals surface area contributed by atoms with Gasteiger partial charge in [0, 0.05) is 19.4 Å². The quantitative estimate of drug-likeness (QED) is 0.0346. The van der Waals surface area contributed by atoms with Crippen molar-refractivity contribution in [2.24, 2.45) is 0 Å². The number of carbonyl (C=O) groups is 2. The molecule has 5 heteroatoms. The number of carbonyl (C=O) groups excluding carboxylic acids is 2.